The third kappa shape index (κ3) is 4.15. The number of aryl methyl sites for hydroxylation is 1. The van der Waals surface area contributed by atoms with Gasteiger partial charge in [-0.2, -0.15) is 0 Å². The van der Waals surface area contributed by atoms with Gasteiger partial charge in [0.1, 0.15) is 6.33 Å². The molecule has 1 aromatic heterocycles. The lowest BCUT2D eigenvalue weighted by atomic mass is 10.2. The van der Waals surface area contributed by atoms with Crippen molar-refractivity contribution < 1.29 is 4.79 Å². The second-order valence-corrected chi connectivity index (χ2v) is 6.55. The number of carbonyl (C=O) groups is 1. The lowest BCUT2D eigenvalue weighted by Crippen LogP contribution is -2.14. The number of rotatable bonds is 5. The summed E-state index contributed by atoms with van der Waals surface area (Å²) in [6.45, 7) is 2.00. The molecule has 3 aromatic rings. The van der Waals surface area contributed by atoms with Crippen LogP contribution in [0.1, 0.15) is 5.56 Å². The number of halogens is 1. The Hall–Kier alpha value is -2.31. The fourth-order valence-electron chi connectivity index (χ4n) is 2.09. The Morgan fingerprint density at radius 2 is 2.04 bits per heavy atom. The molecule has 2 aromatic carbocycles. The first-order chi connectivity index (χ1) is 11.6. The van der Waals surface area contributed by atoms with E-state index in [0.29, 0.717) is 10.2 Å². The molecular formula is C17H15ClN4OS. The zero-order valence-electron chi connectivity index (χ0n) is 12.9. The van der Waals surface area contributed by atoms with Crippen LogP contribution in [0.5, 0.6) is 0 Å². The summed E-state index contributed by atoms with van der Waals surface area (Å²) >= 11 is 7.34. The van der Waals surface area contributed by atoms with E-state index in [9.17, 15) is 4.79 Å². The highest BCUT2D eigenvalue weighted by molar-refractivity contribution is 7.99. The summed E-state index contributed by atoms with van der Waals surface area (Å²) in [6, 6.07) is 15.1. The van der Waals surface area contributed by atoms with Crippen molar-refractivity contribution >= 4 is 35.0 Å². The number of hydrogen-bond acceptors (Lipinski definition) is 4. The van der Waals surface area contributed by atoms with Crippen LogP contribution in [0.2, 0.25) is 5.02 Å². The van der Waals surface area contributed by atoms with Gasteiger partial charge in [0.05, 0.1) is 11.4 Å². The number of hydrogen-bond donors (Lipinski definition) is 1. The summed E-state index contributed by atoms with van der Waals surface area (Å²) < 4.78 is 1.80. The Labute approximate surface area is 149 Å². The Balaban J connectivity index is 1.64. The highest BCUT2D eigenvalue weighted by Crippen LogP contribution is 2.21. The lowest BCUT2D eigenvalue weighted by Gasteiger charge is -2.07. The van der Waals surface area contributed by atoms with E-state index in [1.165, 1.54) is 11.8 Å². The molecule has 7 heteroatoms. The molecule has 1 N–H and O–H groups in total. The van der Waals surface area contributed by atoms with E-state index in [0.717, 1.165) is 16.9 Å². The molecule has 0 radical (unpaired) electrons. The Bertz CT molecular complexity index is 848. The molecule has 122 valence electrons. The molecule has 0 spiro atoms. The van der Waals surface area contributed by atoms with Crippen LogP contribution in [-0.4, -0.2) is 26.4 Å². The zero-order valence-corrected chi connectivity index (χ0v) is 14.5. The third-order valence-electron chi connectivity index (χ3n) is 3.27. The summed E-state index contributed by atoms with van der Waals surface area (Å²) in [6.07, 6.45) is 1.60. The predicted molar refractivity (Wildman–Crippen MR) is 96.9 cm³/mol. The minimum atomic E-state index is -0.0931. The summed E-state index contributed by atoms with van der Waals surface area (Å²) in [4.78, 5) is 12.1. The molecule has 0 unspecified atom stereocenters. The van der Waals surface area contributed by atoms with E-state index in [-0.39, 0.29) is 11.7 Å². The second-order valence-electron chi connectivity index (χ2n) is 5.17. The molecule has 0 atom stereocenters. The first-order valence-electron chi connectivity index (χ1n) is 7.27. The fourth-order valence-corrected chi connectivity index (χ4v) is 3.00. The monoisotopic (exact) mass is 358 g/mol. The maximum absolute atomic E-state index is 12.1. The Morgan fingerprint density at radius 3 is 2.79 bits per heavy atom. The SMILES string of the molecule is Cc1ccc(NC(=O)CSc2nncn2-c2cccc(Cl)c2)cc1. The second kappa shape index (κ2) is 7.51. The number of benzene rings is 2. The van der Waals surface area contributed by atoms with Crippen LogP contribution in [-0.2, 0) is 4.79 Å². The summed E-state index contributed by atoms with van der Waals surface area (Å²) in [5.41, 5.74) is 2.79. The molecule has 0 aliphatic carbocycles. The van der Waals surface area contributed by atoms with E-state index in [2.05, 4.69) is 15.5 Å². The van der Waals surface area contributed by atoms with Crippen LogP contribution >= 0.6 is 23.4 Å². The third-order valence-corrected chi connectivity index (χ3v) is 4.45. The van der Waals surface area contributed by atoms with Gasteiger partial charge in [0.25, 0.3) is 0 Å². The van der Waals surface area contributed by atoms with Gasteiger partial charge in [0.2, 0.25) is 5.91 Å². The molecule has 24 heavy (non-hydrogen) atoms. The van der Waals surface area contributed by atoms with Crippen molar-refractivity contribution in [2.45, 2.75) is 12.1 Å². The minimum Gasteiger partial charge on any atom is -0.325 e. The molecule has 1 amide bonds. The molecule has 3 rings (SSSR count). The molecule has 0 fully saturated rings. The molecular weight excluding hydrogens is 344 g/mol. The Kier molecular flexibility index (Phi) is 5.17. The molecule has 0 aliphatic rings. The van der Waals surface area contributed by atoms with Crippen molar-refractivity contribution in [2.24, 2.45) is 0 Å². The van der Waals surface area contributed by atoms with Crippen LogP contribution in [0.15, 0.2) is 60.0 Å². The van der Waals surface area contributed by atoms with Crippen LogP contribution in [0.25, 0.3) is 5.69 Å². The topological polar surface area (TPSA) is 59.8 Å². The standard InChI is InChI=1S/C17H15ClN4OS/c1-12-5-7-14(8-6-12)20-16(23)10-24-17-21-19-11-22(17)15-4-2-3-13(18)9-15/h2-9,11H,10H2,1H3,(H,20,23). The van der Waals surface area contributed by atoms with E-state index in [1.807, 2.05) is 49.4 Å². The minimum absolute atomic E-state index is 0.0931. The van der Waals surface area contributed by atoms with Crippen LogP contribution < -0.4 is 5.32 Å². The average molecular weight is 359 g/mol. The molecule has 0 bridgehead atoms. The van der Waals surface area contributed by atoms with Gasteiger partial charge in [-0.1, -0.05) is 47.1 Å². The van der Waals surface area contributed by atoms with Crippen molar-refractivity contribution in [1.82, 2.24) is 14.8 Å². The maximum atomic E-state index is 12.1. The molecule has 0 saturated heterocycles. The summed E-state index contributed by atoms with van der Waals surface area (Å²) in [5, 5.41) is 12.1. The van der Waals surface area contributed by atoms with Gasteiger partial charge in [0.15, 0.2) is 5.16 Å². The molecule has 0 saturated carbocycles. The molecule has 1 heterocycles. The number of anilines is 1. The van der Waals surface area contributed by atoms with Crippen molar-refractivity contribution in [2.75, 3.05) is 11.1 Å². The number of nitrogens with one attached hydrogen (secondary N) is 1. The number of thioether (sulfide) groups is 1. The fraction of sp³-hybridized carbons (Fsp3) is 0.118. The normalized spacial score (nSPS) is 10.6. The smallest absolute Gasteiger partial charge is 0.234 e. The first kappa shape index (κ1) is 16.5. The van der Waals surface area contributed by atoms with Gasteiger partial charge in [-0.3, -0.25) is 9.36 Å². The van der Waals surface area contributed by atoms with Crippen molar-refractivity contribution in [3.8, 4) is 5.69 Å². The number of aromatic nitrogens is 3. The van der Waals surface area contributed by atoms with Crippen molar-refractivity contribution in [3.05, 3.63) is 65.4 Å². The van der Waals surface area contributed by atoms with Gasteiger partial charge < -0.3 is 5.32 Å². The van der Waals surface area contributed by atoms with Gasteiger partial charge in [-0.25, -0.2) is 0 Å². The number of carbonyl (C=O) groups excluding carboxylic acids is 1. The Morgan fingerprint density at radius 1 is 1.25 bits per heavy atom. The van der Waals surface area contributed by atoms with Crippen molar-refractivity contribution in [3.63, 3.8) is 0 Å². The lowest BCUT2D eigenvalue weighted by molar-refractivity contribution is -0.113. The van der Waals surface area contributed by atoms with E-state index in [1.54, 1.807) is 17.0 Å². The van der Waals surface area contributed by atoms with Crippen LogP contribution in [0.4, 0.5) is 5.69 Å². The molecule has 0 aliphatic heterocycles. The highest BCUT2D eigenvalue weighted by atomic mass is 35.5. The summed E-state index contributed by atoms with van der Waals surface area (Å²) in [7, 11) is 0. The van der Waals surface area contributed by atoms with Crippen molar-refractivity contribution in [1.29, 1.82) is 0 Å². The van der Waals surface area contributed by atoms with Gasteiger partial charge >= 0.3 is 0 Å². The largest absolute Gasteiger partial charge is 0.325 e. The first-order valence-corrected chi connectivity index (χ1v) is 8.63. The number of amides is 1. The average Bonchev–Trinajstić information content (AvgIpc) is 3.04. The van der Waals surface area contributed by atoms with E-state index >= 15 is 0 Å². The van der Waals surface area contributed by atoms with Gasteiger partial charge in [-0.15, -0.1) is 10.2 Å². The maximum Gasteiger partial charge on any atom is 0.234 e. The van der Waals surface area contributed by atoms with Gasteiger partial charge in [0, 0.05) is 10.7 Å². The predicted octanol–water partition coefficient (Wildman–Crippen LogP) is 3.96. The number of nitrogens with zero attached hydrogens (tertiary/aromatic N) is 3. The van der Waals surface area contributed by atoms with E-state index in [4.69, 9.17) is 11.6 Å². The zero-order chi connectivity index (χ0) is 16.9. The highest BCUT2D eigenvalue weighted by Gasteiger charge is 2.10. The van der Waals surface area contributed by atoms with Crippen LogP contribution in [0, 0.1) is 6.92 Å². The quantitative estimate of drug-likeness (QED) is 0.701. The molecule has 5 nitrogen and oxygen atoms in total. The summed E-state index contributed by atoms with van der Waals surface area (Å²) in [5.74, 6) is 0.150. The van der Waals surface area contributed by atoms with E-state index < -0.39 is 0 Å². The van der Waals surface area contributed by atoms with Crippen LogP contribution in [0.3, 0.4) is 0 Å². The van der Waals surface area contributed by atoms with Gasteiger partial charge in [-0.05, 0) is 37.3 Å².